The number of carbonyl (C=O) groups is 1. The topological polar surface area (TPSA) is 23.6 Å². The lowest BCUT2D eigenvalue weighted by atomic mass is 9.91. The second-order valence-electron chi connectivity index (χ2n) is 3.20. The quantitative estimate of drug-likeness (QED) is 0.608. The zero-order valence-corrected chi connectivity index (χ0v) is 7.93. The van der Waals surface area contributed by atoms with Gasteiger partial charge in [-0.25, -0.2) is 0 Å². The minimum atomic E-state index is -4.84. The standard InChI is InChI=1S/C6H13BF3N2O/c1-11(2)6(13)4-12(3)5-7(8,9)10/h4-5H2,1-3H3/q-1. The van der Waals surface area contributed by atoms with Crippen molar-refractivity contribution in [1.29, 1.82) is 0 Å². The summed E-state index contributed by atoms with van der Waals surface area (Å²) < 4.78 is 35.6. The molecule has 0 saturated carbocycles. The fourth-order valence-corrected chi connectivity index (χ4v) is 0.790. The molecule has 0 aromatic carbocycles. The van der Waals surface area contributed by atoms with Gasteiger partial charge in [0.2, 0.25) is 5.91 Å². The highest BCUT2D eigenvalue weighted by molar-refractivity contribution is 6.58. The maximum atomic E-state index is 11.9. The van der Waals surface area contributed by atoms with Crippen LogP contribution in [0.25, 0.3) is 0 Å². The van der Waals surface area contributed by atoms with E-state index in [-0.39, 0.29) is 12.5 Å². The Labute approximate surface area is 75.5 Å². The number of carbonyl (C=O) groups excluding carboxylic acids is 1. The average molecular weight is 197 g/mol. The third-order valence-electron chi connectivity index (χ3n) is 1.42. The summed E-state index contributed by atoms with van der Waals surface area (Å²) in [6, 6.07) is 0. The highest BCUT2D eigenvalue weighted by Crippen LogP contribution is 2.08. The molecule has 78 valence electrons. The third-order valence-corrected chi connectivity index (χ3v) is 1.42. The van der Waals surface area contributed by atoms with Crippen molar-refractivity contribution in [2.75, 3.05) is 34.1 Å². The number of nitrogens with zero attached hydrogens (tertiary/aromatic N) is 2. The SMILES string of the molecule is CN(CC(=O)N(C)C)C[B-](F)(F)F. The van der Waals surface area contributed by atoms with Crippen molar-refractivity contribution in [3.05, 3.63) is 0 Å². The Bertz CT molecular complexity index is 183. The van der Waals surface area contributed by atoms with Gasteiger partial charge in [0.25, 0.3) is 0 Å². The Morgan fingerprint density at radius 3 is 2.00 bits per heavy atom. The van der Waals surface area contributed by atoms with Crippen LogP contribution in [-0.2, 0) is 4.79 Å². The lowest BCUT2D eigenvalue weighted by Crippen LogP contribution is -2.41. The smallest absolute Gasteiger partial charge is 0.448 e. The van der Waals surface area contributed by atoms with E-state index >= 15 is 0 Å². The van der Waals surface area contributed by atoms with Crippen molar-refractivity contribution in [3.63, 3.8) is 0 Å². The van der Waals surface area contributed by atoms with Crippen LogP contribution in [0.1, 0.15) is 0 Å². The van der Waals surface area contributed by atoms with Crippen molar-refractivity contribution in [2.24, 2.45) is 0 Å². The van der Waals surface area contributed by atoms with Gasteiger partial charge in [0, 0.05) is 14.1 Å². The van der Waals surface area contributed by atoms with Crippen LogP contribution in [0, 0.1) is 0 Å². The van der Waals surface area contributed by atoms with E-state index in [1.54, 1.807) is 0 Å². The van der Waals surface area contributed by atoms with E-state index in [0.29, 0.717) is 0 Å². The highest BCUT2D eigenvalue weighted by Gasteiger charge is 2.25. The van der Waals surface area contributed by atoms with Crippen LogP contribution in [-0.4, -0.2) is 56.8 Å². The van der Waals surface area contributed by atoms with Gasteiger partial charge in [0.05, 0.1) is 6.54 Å². The van der Waals surface area contributed by atoms with Gasteiger partial charge in [-0.05, 0) is 13.5 Å². The minimum Gasteiger partial charge on any atom is -0.448 e. The molecule has 0 fully saturated rings. The highest BCUT2D eigenvalue weighted by atomic mass is 19.4. The molecule has 0 aromatic rings. The average Bonchev–Trinajstić information content (AvgIpc) is 1.81. The lowest BCUT2D eigenvalue weighted by molar-refractivity contribution is -0.129. The lowest BCUT2D eigenvalue weighted by Gasteiger charge is -2.24. The Morgan fingerprint density at radius 2 is 1.69 bits per heavy atom. The van der Waals surface area contributed by atoms with Gasteiger partial charge >= 0.3 is 6.98 Å². The summed E-state index contributed by atoms with van der Waals surface area (Å²) in [5.41, 5.74) is 0. The molecule has 0 aliphatic carbocycles. The van der Waals surface area contributed by atoms with E-state index < -0.39 is 13.4 Å². The fraction of sp³-hybridized carbons (Fsp3) is 0.833. The maximum Gasteiger partial charge on any atom is 0.492 e. The van der Waals surface area contributed by atoms with Crippen molar-refractivity contribution >= 4 is 12.9 Å². The molecule has 0 N–H and O–H groups in total. The summed E-state index contributed by atoms with van der Waals surface area (Å²) in [4.78, 5) is 13.2. The molecule has 1 amide bonds. The predicted molar refractivity (Wildman–Crippen MR) is 45.3 cm³/mol. The van der Waals surface area contributed by atoms with Crippen molar-refractivity contribution in [1.82, 2.24) is 9.80 Å². The number of hydrogen-bond acceptors (Lipinski definition) is 2. The normalized spacial score (nSPS) is 11.9. The van der Waals surface area contributed by atoms with Gasteiger partial charge in [0.1, 0.15) is 0 Å². The number of rotatable bonds is 4. The summed E-state index contributed by atoms with van der Waals surface area (Å²) in [5.74, 6) is -0.331. The van der Waals surface area contributed by atoms with Crippen LogP contribution >= 0.6 is 0 Å². The van der Waals surface area contributed by atoms with Crippen LogP contribution in [0.5, 0.6) is 0 Å². The molecule has 0 aliphatic heterocycles. The van der Waals surface area contributed by atoms with E-state index in [1.165, 1.54) is 26.0 Å². The molecular weight excluding hydrogens is 184 g/mol. The van der Waals surface area contributed by atoms with Crippen LogP contribution in [0.2, 0.25) is 0 Å². The first-order valence-corrected chi connectivity index (χ1v) is 3.82. The van der Waals surface area contributed by atoms with Gasteiger partial charge in [-0.15, -0.1) is 0 Å². The molecule has 0 saturated heterocycles. The molecule has 0 aliphatic rings. The van der Waals surface area contributed by atoms with Crippen molar-refractivity contribution < 1.29 is 17.7 Å². The zero-order chi connectivity index (χ0) is 10.6. The first-order chi connectivity index (χ1) is 5.72. The van der Waals surface area contributed by atoms with Crippen LogP contribution in [0.4, 0.5) is 12.9 Å². The molecular formula is C6H13BF3N2O-. The van der Waals surface area contributed by atoms with Gasteiger partial charge in [-0.3, -0.25) is 4.79 Å². The van der Waals surface area contributed by atoms with Crippen LogP contribution in [0.15, 0.2) is 0 Å². The van der Waals surface area contributed by atoms with Gasteiger partial charge in [0.15, 0.2) is 0 Å². The third kappa shape index (κ3) is 6.45. The Hall–Kier alpha value is -0.715. The monoisotopic (exact) mass is 197 g/mol. The number of likely N-dealkylation sites (N-methyl/N-ethyl adjacent to an activating group) is 2. The summed E-state index contributed by atoms with van der Waals surface area (Å²) in [6.07, 6.45) is -1.00. The molecule has 7 heteroatoms. The van der Waals surface area contributed by atoms with E-state index in [0.717, 1.165) is 4.90 Å². The minimum absolute atomic E-state index is 0.200. The number of hydrogen-bond donors (Lipinski definition) is 0. The Morgan fingerprint density at radius 1 is 1.23 bits per heavy atom. The van der Waals surface area contributed by atoms with Gasteiger partial charge < -0.3 is 22.7 Å². The summed E-state index contributed by atoms with van der Waals surface area (Å²) >= 11 is 0. The Kier molecular flexibility index (Phi) is 4.25. The first kappa shape index (κ1) is 12.3. The summed E-state index contributed by atoms with van der Waals surface area (Å²) in [6.45, 7) is -5.04. The second-order valence-corrected chi connectivity index (χ2v) is 3.20. The first-order valence-electron chi connectivity index (χ1n) is 3.82. The van der Waals surface area contributed by atoms with E-state index in [4.69, 9.17) is 0 Å². The van der Waals surface area contributed by atoms with Crippen LogP contribution < -0.4 is 0 Å². The molecule has 3 nitrogen and oxygen atoms in total. The largest absolute Gasteiger partial charge is 0.492 e. The molecule has 0 rings (SSSR count). The van der Waals surface area contributed by atoms with Gasteiger partial charge in [-0.1, -0.05) is 0 Å². The van der Waals surface area contributed by atoms with Crippen LogP contribution in [0.3, 0.4) is 0 Å². The molecule has 0 bridgehead atoms. The molecule has 0 unspecified atom stereocenters. The molecule has 0 heterocycles. The molecule has 0 aromatic heterocycles. The summed E-state index contributed by atoms with van der Waals surface area (Å²) in [5, 5.41) is 0. The number of halogens is 3. The summed E-state index contributed by atoms with van der Waals surface area (Å²) in [7, 11) is 4.29. The molecule has 0 radical (unpaired) electrons. The molecule has 0 spiro atoms. The van der Waals surface area contributed by atoms with Crippen molar-refractivity contribution in [3.8, 4) is 0 Å². The Balaban J connectivity index is 3.88. The predicted octanol–water partition coefficient (Wildman–Crippen LogP) is 0.393. The van der Waals surface area contributed by atoms with Gasteiger partial charge in [-0.2, -0.15) is 0 Å². The maximum absolute atomic E-state index is 11.9. The fourth-order valence-electron chi connectivity index (χ4n) is 0.790. The molecule has 0 atom stereocenters. The number of amides is 1. The molecule has 13 heavy (non-hydrogen) atoms. The van der Waals surface area contributed by atoms with E-state index in [2.05, 4.69) is 0 Å². The second kappa shape index (κ2) is 4.50. The van der Waals surface area contributed by atoms with E-state index in [9.17, 15) is 17.7 Å². The zero-order valence-electron chi connectivity index (χ0n) is 7.93. The van der Waals surface area contributed by atoms with Crippen molar-refractivity contribution in [2.45, 2.75) is 0 Å². The van der Waals surface area contributed by atoms with E-state index in [1.807, 2.05) is 0 Å².